The minimum Gasteiger partial charge on any atom is -0.373 e. The third-order valence-electron chi connectivity index (χ3n) is 4.29. The summed E-state index contributed by atoms with van der Waals surface area (Å²) in [5, 5.41) is 14.8. The predicted octanol–water partition coefficient (Wildman–Crippen LogP) is 2.68. The number of hydrogen-bond acceptors (Lipinski definition) is 6. The molecule has 0 bridgehead atoms. The monoisotopic (exact) mass is 373 g/mol. The Balaban J connectivity index is 1.39. The lowest BCUT2D eigenvalue weighted by Gasteiger charge is -2.32. The largest absolute Gasteiger partial charge is 0.373 e. The molecule has 1 aliphatic heterocycles. The summed E-state index contributed by atoms with van der Waals surface area (Å²) in [5.74, 6) is -0.224. The van der Waals surface area contributed by atoms with Gasteiger partial charge in [-0.25, -0.2) is 4.39 Å². The van der Waals surface area contributed by atoms with Crippen LogP contribution in [0.1, 0.15) is 16.1 Å². The average molecular weight is 373 g/mol. The Morgan fingerprint density at radius 1 is 1.27 bits per heavy atom. The molecule has 2 aromatic heterocycles. The molecule has 3 aromatic rings. The third-order valence-corrected chi connectivity index (χ3v) is 5.27. The summed E-state index contributed by atoms with van der Waals surface area (Å²) < 4.78 is 20.8. The van der Waals surface area contributed by atoms with E-state index in [4.69, 9.17) is 4.74 Å². The van der Waals surface area contributed by atoms with Gasteiger partial charge >= 0.3 is 0 Å². The molecule has 1 unspecified atom stereocenters. The molecule has 136 valence electrons. The van der Waals surface area contributed by atoms with E-state index in [2.05, 4.69) is 20.2 Å². The van der Waals surface area contributed by atoms with Crippen LogP contribution in [0.5, 0.6) is 0 Å². The zero-order chi connectivity index (χ0) is 17.9. The number of aromatic nitrogens is 4. The first-order valence-corrected chi connectivity index (χ1v) is 9.40. The van der Waals surface area contributed by atoms with Crippen LogP contribution in [0, 0.1) is 12.7 Å². The van der Waals surface area contributed by atoms with E-state index in [0.717, 1.165) is 40.9 Å². The summed E-state index contributed by atoms with van der Waals surface area (Å²) in [7, 11) is 0. The fourth-order valence-corrected chi connectivity index (χ4v) is 3.91. The van der Waals surface area contributed by atoms with Crippen LogP contribution in [-0.2, 0) is 17.7 Å². The molecule has 1 fully saturated rings. The summed E-state index contributed by atoms with van der Waals surface area (Å²) in [6.07, 6.45) is 4.62. The van der Waals surface area contributed by atoms with Crippen LogP contribution in [0.25, 0.3) is 0 Å². The highest BCUT2D eigenvalue weighted by Gasteiger charge is 2.24. The Morgan fingerprint density at radius 3 is 2.88 bits per heavy atom. The van der Waals surface area contributed by atoms with Gasteiger partial charge < -0.3 is 9.64 Å². The maximum atomic E-state index is 13.0. The fourth-order valence-electron chi connectivity index (χ4n) is 3.00. The van der Waals surface area contributed by atoms with Crippen molar-refractivity contribution in [2.75, 3.05) is 24.6 Å². The molecule has 3 heterocycles. The lowest BCUT2D eigenvalue weighted by Crippen LogP contribution is -2.44. The number of morpholine rings is 1. The highest BCUT2D eigenvalue weighted by molar-refractivity contribution is 7.15. The van der Waals surface area contributed by atoms with E-state index >= 15 is 0 Å². The quantitative estimate of drug-likeness (QED) is 0.688. The highest BCUT2D eigenvalue weighted by atomic mass is 32.1. The molecule has 8 heteroatoms. The molecule has 26 heavy (non-hydrogen) atoms. The summed E-state index contributed by atoms with van der Waals surface area (Å²) in [5.41, 5.74) is 2.18. The van der Waals surface area contributed by atoms with E-state index in [1.54, 1.807) is 23.5 Å². The SMILES string of the molecule is Cc1cnn(CC2CN(c3nnc(Cc4ccc(F)cc4)s3)CCO2)c1. The molecule has 0 amide bonds. The van der Waals surface area contributed by atoms with Crippen molar-refractivity contribution in [3.63, 3.8) is 0 Å². The van der Waals surface area contributed by atoms with Gasteiger partial charge in [-0.15, -0.1) is 10.2 Å². The third kappa shape index (κ3) is 4.08. The second kappa shape index (κ2) is 7.51. The number of ether oxygens (including phenoxy) is 1. The molecule has 1 aromatic carbocycles. The molecule has 1 saturated heterocycles. The Bertz CT molecular complexity index is 863. The number of nitrogens with zero attached hydrogens (tertiary/aromatic N) is 5. The maximum absolute atomic E-state index is 13.0. The van der Waals surface area contributed by atoms with Crippen LogP contribution >= 0.6 is 11.3 Å². The van der Waals surface area contributed by atoms with Gasteiger partial charge in [0.15, 0.2) is 0 Å². The maximum Gasteiger partial charge on any atom is 0.208 e. The van der Waals surface area contributed by atoms with Crippen LogP contribution in [0.4, 0.5) is 9.52 Å². The lowest BCUT2D eigenvalue weighted by atomic mass is 10.2. The highest BCUT2D eigenvalue weighted by Crippen LogP contribution is 2.24. The first-order valence-electron chi connectivity index (χ1n) is 8.58. The van der Waals surface area contributed by atoms with Crippen LogP contribution in [0.2, 0.25) is 0 Å². The van der Waals surface area contributed by atoms with Crippen molar-refractivity contribution in [2.45, 2.75) is 26.0 Å². The number of halogens is 1. The second-order valence-corrected chi connectivity index (χ2v) is 7.50. The summed E-state index contributed by atoms with van der Waals surface area (Å²) in [6.45, 7) is 4.99. The van der Waals surface area contributed by atoms with E-state index in [0.29, 0.717) is 13.0 Å². The zero-order valence-electron chi connectivity index (χ0n) is 14.5. The van der Waals surface area contributed by atoms with Gasteiger partial charge in [-0.3, -0.25) is 4.68 Å². The summed E-state index contributed by atoms with van der Waals surface area (Å²) in [6, 6.07) is 6.52. The Morgan fingerprint density at radius 2 is 2.12 bits per heavy atom. The van der Waals surface area contributed by atoms with Crippen molar-refractivity contribution in [3.05, 3.63) is 58.6 Å². The average Bonchev–Trinajstić information content (AvgIpc) is 3.26. The normalized spacial score (nSPS) is 17.6. The summed E-state index contributed by atoms with van der Waals surface area (Å²) >= 11 is 1.58. The molecule has 0 radical (unpaired) electrons. The molecule has 1 atom stereocenters. The van der Waals surface area contributed by atoms with Crippen molar-refractivity contribution in [2.24, 2.45) is 0 Å². The standard InChI is InChI=1S/C18H20FN5OS/c1-13-9-20-24(10-13)12-16-11-23(6-7-25-16)18-22-21-17(26-18)8-14-2-4-15(19)5-3-14/h2-5,9-10,16H,6-8,11-12H2,1H3. The van der Waals surface area contributed by atoms with E-state index < -0.39 is 0 Å². The lowest BCUT2D eigenvalue weighted by molar-refractivity contribution is 0.0274. The van der Waals surface area contributed by atoms with Gasteiger partial charge in [-0.2, -0.15) is 5.10 Å². The van der Waals surface area contributed by atoms with Gasteiger partial charge in [0.05, 0.1) is 25.5 Å². The van der Waals surface area contributed by atoms with Gasteiger partial charge in [0.1, 0.15) is 10.8 Å². The van der Waals surface area contributed by atoms with E-state index in [9.17, 15) is 4.39 Å². The van der Waals surface area contributed by atoms with Crippen molar-refractivity contribution in [1.29, 1.82) is 0 Å². The molecule has 0 N–H and O–H groups in total. The molecule has 6 nitrogen and oxygen atoms in total. The first kappa shape index (κ1) is 17.1. The molecular formula is C18H20FN5OS. The minimum absolute atomic E-state index is 0.0764. The van der Waals surface area contributed by atoms with Crippen LogP contribution in [0.3, 0.4) is 0 Å². The molecule has 0 aliphatic carbocycles. The number of hydrogen-bond donors (Lipinski definition) is 0. The van der Waals surface area contributed by atoms with Crippen LogP contribution in [0.15, 0.2) is 36.7 Å². The number of benzene rings is 1. The molecule has 1 aliphatic rings. The minimum atomic E-state index is -0.224. The van der Waals surface area contributed by atoms with Crippen LogP contribution in [-0.4, -0.2) is 45.8 Å². The number of anilines is 1. The zero-order valence-corrected chi connectivity index (χ0v) is 15.3. The summed E-state index contributed by atoms with van der Waals surface area (Å²) in [4.78, 5) is 2.22. The topological polar surface area (TPSA) is 56.1 Å². The Kier molecular flexibility index (Phi) is 4.94. The smallest absolute Gasteiger partial charge is 0.208 e. The number of aryl methyl sites for hydroxylation is 1. The van der Waals surface area contributed by atoms with Gasteiger partial charge in [0, 0.05) is 25.7 Å². The molecule has 0 spiro atoms. The first-order chi connectivity index (χ1) is 12.7. The fraction of sp³-hybridized carbons (Fsp3) is 0.389. The van der Waals surface area contributed by atoms with Crippen LogP contribution < -0.4 is 4.90 Å². The van der Waals surface area contributed by atoms with E-state index in [-0.39, 0.29) is 11.9 Å². The van der Waals surface area contributed by atoms with Crippen molar-refractivity contribution in [1.82, 2.24) is 20.0 Å². The Labute approximate surface area is 155 Å². The molecule has 4 rings (SSSR count). The molecule has 0 saturated carbocycles. The van der Waals surface area contributed by atoms with E-state index in [1.165, 1.54) is 12.1 Å². The van der Waals surface area contributed by atoms with Gasteiger partial charge in [0.25, 0.3) is 0 Å². The number of rotatable bonds is 5. The molecular weight excluding hydrogens is 353 g/mol. The Hall–Kier alpha value is -2.32. The van der Waals surface area contributed by atoms with E-state index in [1.807, 2.05) is 24.0 Å². The van der Waals surface area contributed by atoms with Gasteiger partial charge in [0.2, 0.25) is 5.13 Å². The second-order valence-electron chi connectivity index (χ2n) is 6.46. The van der Waals surface area contributed by atoms with Gasteiger partial charge in [-0.05, 0) is 30.2 Å². The predicted molar refractivity (Wildman–Crippen MR) is 98.0 cm³/mol. The van der Waals surface area contributed by atoms with Crippen molar-refractivity contribution in [3.8, 4) is 0 Å². The van der Waals surface area contributed by atoms with Gasteiger partial charge in [-0.1, -0.05) is 23.5 Å². The van der Waals surface area contributed by atoms with Crippen molar-refractivity contribution >= 4 is 16.5 Å². The van der Waals surface area contributed by atoms with Crippen molar-refractivity contribution < 1.29 is 9.13 Å².